The minimum absolute atomic E-state index is 0. The molecule has 0 saturated carbocycles. The van der Waals surface area contributed by atoms with Gasteiger partial charge in [-0.15, -0.1) is 24.0 Å². The number of nitrogens with zero attached hydrogens (tertiary/aromatic N) is 7. The van der Waals surface area contributed by atoms with Crippen molar-refractivity contribution in [3.05, 3.63) is 54.1 Å². The second kappa shape index (κ2) is 10.7. The first-order chi connectivity index (χ1) is 14.3. The molecule has 2 aromatic heterocycles. The third kappa shape index (κ3) is 5.28. The summed E-state index contributed by atoms with van der Waals surface area (Å²) < 4.78 is 6.29. The predicted molar refractivity (Wildman–Crippen MR) is 132 cm³/mol. The first-order valence-corrected chi connectivity index (χ1v) is 10.7. The summed E-state index contributed by atoms with van der Waals surface area (Å²) in [6.45, 7) is 6.37. The Morgan fingerprint density at radius 2 is 1.90 bits per heavy atom. The molecule has 8 nitrogen and oxygen atoms in total. The van der Waals surface area contributed by atoms with Crippen LogP contribution in [-0.4, -0.2) is 63.2 Å². The summed E-state index contributed by atoms with van der Waals surface area (Å²) in [4.78, 5) is 13.7. The van der Waals surface area contributed by atoms with Gasteiger partial charge < -0.3 is 15.1 Å². The van der Waals surface area contributed by atoms with Gasteiger partial charge in [-0.3, -0.25) is 4.99 Å². The molecule has 30 heavy (non-hydrogen) atoms. The van der Waals surface area contributed by atoms with Crippen LogP contribution in [0.3, 0.4) is 0 Å². The fourth-order valence-electron chi connectivity index (χ4n) is 3.31. The van der Waals surface area contributed by atoms with Crippen molar-refractivity contribution >= 4 is 46.6 Å². The molecular weight excluding hydrogens is 511 g/mol. The summed E-state index contributed by atoms with van der Waals surface area (Å²) in [5, 5.41) is 9.12. The lowest BCUT2D eigenvalue weighted by atomic mass is 10.3. The number of aliphatic imine (C=N–C) groups is 1. The molecule has 3 heterocycles. The molecule has 1 aliphatic rings. The predicted octanol–water partition coefficient (Wildman–Crippen LogP) is 2.80. The first-order valence-electron chi connectivity index (χ1n) is 9.90. The Balaban J connectivity index is 0.00000256. The SMILES string of the molecule is CCc1nsc(N2CCN(C(=NC)NCc3ccn(-c4ccccc4)n3)CC2)n1.I. The van der Waals surface area contributed by atoms with Gasteiger partial charge in [-0.2, -0.15) is 9.47 Å². The monoisotopic (exact) mass is 538 g/mol. The molecule has 3 aromatic rings. The van der Waals surface area contributed by atoms with Crippen LogP contribution in [0.1, 0.15) is 18.4 Å². The minimum atomic E-state index is 0. The van der Waals surface area contributed by atoms with Crippen LogP contribution in [0.15, 0.2) is 47.6 Å². The van der Waals surface area contributed by atoms with Crippen LogP contribution < -0.4 is 10.2 Å². The Bertz CT molecular complexity index is 947. The van der Waals surface area contributed by atoms with E-state index in [0.717, 1.165) is 60.9 Å². The van der Waals surface area contributed by atoms with Gasteiger partial charge in [0.05, 0.1) is 17.9 Å². The van der Waals surface area contributed by atoms with Gasteiger partial charge >= 0.3 is 0 Å². The third-order valence-electron chi connectivity index (χ3n) is 4.93. The van der Waals surface area contributed by atoms with Crippen LogP contribution in [0, 0.1) is 0 Å². The number of rotatable bonds is 5. The number of aromatic nitrogens is 4. The number of hydrogen-bond acceptors (Lipinski definition) is 6. The fraction of sp³-hybridized carbons (Fsp3) is 0.400. The molecule has 1 N–H and O–H groups in total. The Kier molecular flexibility index (Phi) is 8.02. The second-order valence-electron chi connectivity index (χ2n) is 6.81. The van der Waals surface area contributed by atoms with Gasteiger partial charge in [0.25, 0.3) is 0 Å². The number of benzene rings is 1. The van der Waals surface area contributed by atoms with Gasteiger partial charge in [-0.1, -0.05) is 25.1 Å². The zero-order chi connectivity index (χ0) is 20.1. The van der Waals surface area contributed by atoms with Crippen molar-refractivity contribution in [1.82, 2.24) is 29.4 Å². The third-order valence-corrected chi connectivity index (χ3v) is 5.74. The maximum atomic E-state index is 4.65. The summed E-state index contributed by atoms with van der Waals surface area (Å²) in [6, 6.07) is 12.2. The molecule has 1 saturated heterocycles. The zero-order valence-electron chi connectivity index (χ0n) is 17.2. The van der Waals surface area contributed by atoms with E-state index in [1.807, 2.05) is 54.3 Å². The zero-order valence-corrected chi connectivity index (χ0v) is 20.4. The molecule has 10 heteroatoms. The van der Waals surface area contributed by atoms with E-state index < -0.39 is 0 Å². The molecule has 160 valence electrons. The first kappa shape index (κ1) is 22.5. The van der Waals surface area contributed by atoms with E-state index in [1.165, 1.54) is 11.5 Å². The molecule has 0 radical (unpaired) electrons. The molecule has 0 bridgehead atoms. The Morgan fingerprint density at radius 3 is 2.57 bits per heavy atom. The molecule has 4 rings (SSSR count). The second-order valence-corrected chi connectivity index (χ2v) is 7.54. The average Bonchev–Trinajstić information content (AvgIpc) is 3.45. The van der Waals surface area contributed by atoms with E-state index in [4.69, 9.17) is 0 Å². The number of nitrogens with one attached hydrogen (secondary N) is 1. The van der Waals surface area contributed by atoms with Gasteiger partial charge in [-0.05, 0) is 18.2 Å². The summed E-state index contributed by atoms with van der Waals surface area (Å²) >= 11 is 1.49. The van der Waals surface area contributed by atoms with Crippen molar-refractivity contribution in [2.45, 2.75) is 19.9 Å². The van der Waals surface area contributed by atoms with E-state index in [9.17, 15) is 0 Å². The summed E-state index contributed by atoms with van der Waals surface area (Å²) in [7, 11) is 1.83. The number of halogens is 1. The maximum absolute atomic E-state index is 4.65. The molecule has 0 aliphatic carbocycles. The highest BCUT2D eigenvalue weighted by Gasteiger charge is 2.22. The Morgan fingerprint density at radius 1 is 1.13 bits per heavy atom. The van der Waals surface area contributed by atoms with Crippen LogP contribution in [-0.2, 0) is 13.0 Å². The highest BCUT2D eigenvalue weighted by molar-refractivity contribution is 14.0. The van der Waals surface area contributed by atoms with Crippen molar-refractivity contribution in [1.29, 1.82) is 0 Å². The highest BCUT2D eigenvalue weighted by Crippen LogP contribution is 2.19. The number of piperazine rings is 1. The van der Waals surface area contributed by atoms with Crippen LogP contribution in [0.2, 0.25) is 0 Å². The van der Waals surface area contributed by atoms with Crippen LogP contribution in [0.25, 0.3) is 5.69 Å². The summed E-state index contributed by atoms with van der Waals surface area (Å²) in [5.41, 5.74) is 2.04. The lowest BCUT2D eigenvalue weighted by Crippen LogP contribution is -2.52. The van der Waals surface area contributed by atoms with Gasteiger partial charge in [0, 0.05) is 57.4 Å². The number of hydrogen-bond donors (Lipinski definition) is 1. The van der Waals surface area contributed by atoms with E-state index in [2.05, 4.69) is 41.5 Å². The van der Waals surface area contributed by atoms with Gasteiger partial charge in [0.2, 0.25) is 5.13 Å². The standard InChI is InChI=1S/C20H26N8S.HI/c1-3-18-23-20(29-25-18)27-13-11-26(12-14-27)19(21-2)22-15-16-9-10-28(24-16)17-7-5-4-6-8-17;/h4-10H,3,11-15H2,1-2H3,(H,21,22);1H. The number of anilines is 1. The molecule has 0 unspecified atom stereocenters. The van der Waals surface area contributed by atoms with Gasteiger partial charge in [0.1, 0.15) is 5.82 Å². The highest BCUT2D eigenvalue weighted by atomic mass is 127. The molecule has 0 amide bonds. The van der Waals surface area contributed by atoms with E-state index in [-0.39, 0.29) is 24.0 Å². The Hall–Kier alpha value is -2.21. The lowest BCUT2D eigenvalue weighted by Gasteiger charge is -2.36. The van der Waals surface area contributed by atoms with Crippen molar-refractivity contribution in [3.63, 3.8) is 0 Å². The largest absolute Gasteiger partial charge is 0.351 e. The average molecular weight is 538 g/mol. The van der Waals surface area contributed by atoms with Crippen LogP contribution in [0.4, 0.5) is 5.13 Å². The molecule has 1 fully saturated rings. The summed E-state index contributed by atoms with van der Waals surface area (Å²) in [5.74, 6) is 1.84. The lowest BCUT2D eigenvalue weighted by molar-refractivity contribution is 0.372. The van der Waals surface area contributed by atoms with Crippen molar-refractivity contribution in [2.24, 2.45) is 4.99 Å². The molecular formula is C20H27IN8S. The molecule has 1 aliphatic heterocycles. The fourth-order valence-corrected chi connectivity index (χ4v) is 4.11. The quantitative estimate of drug-likeness (QED) is 0.306. The topological polar surface area (TPSA) is 74.5 Å². The van der Waals surface area contributed by atoms with Crippen molar-refractivity contribution in [2.75, 3.05) is 38.1 Å². The smallest absolute Gasteiger partial charge is 0.205 e. The van der Waals surface area contributed by atoms with Crippen LogP contribution in [0.5, 0.6) is 0 Å². The van der Waals surface area contributed by atoms with E-state index >= 15 is 0 Å². The van der Waals surface area contributed by atoms with Crippen molar-refractivity contribution in [3.8, 4) is 5.69 Å². The van der Waals surface area contributed by atoms with Gasteiger partial charge in [-0.25, -0.2) is 9.67 Å². The minimum Gasteiger partial charge on any atom is -0.351 e. The van der Waals surface area contributed by atoms with E-state index in [0.29, 0.717) is 6.54 Å². The van der Waals surface area contributed by atoms with Gasteiger partial charge in [0.15, 0.2) is 5.96 Å². The normalized spacial score (nSPS) is 14.5. The number of guanidine groups is 1. The molecule has 0 atom stereocenters. The Labute approximate surface area is 198 Å². The van der Waals surface area contributed by atoms with Crippen molar-refractivity contribution < 1.29 is 0 Å². The molecule has 0 spiro atoms. The number of aryl methyl sites for hydroxylation is 1. The number of para-hydroxylation sites is 1. The van der Waals surface area contributed by atoms with Crippen LogP contribution >= 0.6 is 35.5 Å². The molecule has 1 aromatic carbocycles. The maximum Gasteiger partial charge on any atom is 0.205 e. The summed E-state index contributed by atoms with van der Waals surface area (Å²) in [6.07, 6.45) is 2.87. The van der Waals surface area contributed by atoms with E-state index in [1.54, 1.807) is 0 Å².